The van der Waals surface area contributed by atoms with E-state index in [1.807, 2.05) is 43.0 Å². The predicted molar refractivity (Wildman–Crippen MR) is 112 cm³/mol. The highest BCUT2D eigenvalue weighted by Crippen LogP contribution is 2.32. The first-order valence-electron chi connectivity index (χ1n) is 10.5. The average Bonchev–Trinajstić information content (AvgIpc) is 3.26. The van der Waals surface area contributed by atoms with Crippen LogP contribution in [-0.2, 0) is 9.59 Å². The molecule has 2 atom stereocenters. The molecule has 0 radical (unpaired) electrons. The van der Waals surface area contributed by atoms with E-state index < -0.39 is 6.04 Å². The molecular formula is C22H30N4O4. The minimum absolute atomic E-state index is 0.0131. The van der Waals surface area contributed by atoms with E-state index in [4.69, 9.17) is 9.26 Å². The maximum absolute atomic E-state index is 13.0. The largest absolute Gasteiger partial charge is 0.496 e. The third kappa shape index (κ3) is 4.80. The summed E-state index contributed by atoms with van der Waals surface area (Å²) in [7, 11) is 1.61. The van der Waals surface area contributed by atoms with Crippen molar-refractivity contribution in [3.63, 3.8) is 0 Å². The molecule has 0 spiro atoms. The van der Waals surface area contributed by atoms with Crippen LogP contribution in [0.25, 0.3) is 11.5 Å². The highest BCUT2D eigenvalue weighted by atomic mass is 16.5. The summed E-state index contributed by atoms with van der Waals surface area (Å²) in [6.45, 7) is 6.67. The van der Waals surface area contributed by atoms with Gasteiger partial charge in [0.25, 0.3) is 5.89 Å². The van der Waals surface area contributed by atoms with Gasteiger partial charge in [0, 0.05) is 25.9 Å². The second kappa shape index (κ2) is 9.73. The molecule has 1 aliphatic heterocycles. The van der Waals surface area contributed by atoms with E-state index in [1.54, 1.807) is 7.11 Å². The molecule has 1 aromatic heterocycles. The molecule has 162 valence electrons. The van der Waals surface area contributed by atoms with Crippen LogP contribution in [0.15, 0.2) is 28.8 Å². The van der Waals surface area contributed by atoms with Crippen molar-refractivity contribution in [1.82, 2.24) is 20.4 Å². The third-order valence-corrected chi connectivity index (χ3v) is 5.79. The van der Waals surface area contributed by atoms with Gasteiger partial charge in [-0.2, -0.15) is 4.98 Å². The number of hydrogen-bond donors (Lipinski definition) is 1. The standard InChI is InChI=1S/C22H30N4O4/c1-5-14(2)19(23-15(3)27)22(28)26-12-10-16(11-13-26)20-24-21(30-25-20)17-8-6-7-9-18(17)29-4/h6-9,14,16,19H,5,10-13H2,1-4H3,(H,23,27)/t14-,19-/m0/s1. The Morgan fingerprint density at radius 3 is 2.63 bits per heavy atom. The number of ether oxygens (including phenoxy) is 1. The SMILES string of the molecule is CC[C@H](C)[C@H](NC(C)=O)C(=O)N1CCC(c2noc(-c3ccccc3OC)n2)CC1. The number of carbonyl (C=O) groups excluding carboxylic acids is 2. The van der Waals surface area contributed by atoms with Gasteiger partial charge in [0.05, 0.1) is 12.7 Å². The predicted octanol–water partition coefficient (Wildman–Crippen LogP) is 3.00. The van der Waals surface area contributed by atoms with Crippen LogP contribution in [-0.4, -0.2) is 53.1 Å². The number of amides is 2. The van der Waals surface area contributed by atoms with Crippen molar-refractivity contribution in [1.29, 1.82) is 0 Å². The zero-order chi connectivity index (χ0) is 21.7. The molecule has 1 aliphatic rings. The summed E-state index contributed by atoms with van der Waals surface area (Å²) in [4.78, 5) is 30.9. The molecule has 1 saturated heterocycles. The lowest BCUT2D eigenvalue weighted by Gasteiger charge is -2.35. The quantitative estimate of drug-likeness (QED) is 0.748. The van der Waals surface area contributed by atoms with Crippen LogP contribution in [0.1, 0.15) is 51.8 Å². The first-order valence-corrected chi connectivity index (χ1v) is 10.5. The normalized spacial score (nSPS) is 16.7. The van der Waals surface area contributed by atoms with Gasteiger partial charge < -0.3 is 19.5 Å². The number of nitrogens with one attached hydrogen (secondary N) is 1. The van der Waals surface area contributed by atoms with Crippen molar-refractivity contribution in [3.05, 3.63) is 30.1 Å². The van der Waals surface area contributed by atoms with Gasteiger partial charge in [-0.15, -0.1) is 0 Å². The van der Waals surface area contributed by atoms with Gasteiger partial charge in [0.15, 0.2) is 5.82 Å². The minimum atomic E-state index is -0.480. The van der Waals surface area contributed by atoms with Crippen molar-refractivity contribution in [2.75, 3.05) is 20.2 Å². The van der Waals surface area contributed by atoms with Crippen LogP contribution >= 0.6 is 0 Å². The maximum atomic E-state index is 13.0. The highest BCUT2D eigenvalue weighted by molar-refractivity contribution is 5.87. The van der Waals surface area contributed by atoms with Gasteiger partial charge in [0.1, 0.15) is 11.8 Å². The van der Waals surface area contributed by atoms with Crippen molar-refractivity contribution in [2.45, 2.75) is 52.0 Å². The lowest BCUT2D eigenvalue weighted by molar-refractivity contribution is -0.138. The van der Waals surface area contributed by atoms with Crippen LogP contribution < -0.4 is 10.1 Å². The second-order valence-electron chi connectivity index (χ2n) is 7.82. The van der Waals surface area contributed by atoms with E-state index in [2.05, 4.69) is 15.5 Å². The maximum Gasteiger partial charge on any atom is 0.261 e. The lowest BCUT2D eigenvalue weighted by atomic mass is 9.93. The molecule has 0 aliphatic carbocycles. The summed E-state index contributed by atoms with van der Waals surface area (Å²) in [5, 5.41) is 7.00. The number of aromatic nitrogens is 2. The Bertz CT molecular complexity index is 874. The smallest absolute Gasteiger partial charge is 0.261 e. The van der Waals surface area contributed by atoms with E-state index >= 15 is 0 Å². The number of hydrogen-bond acceptors (Lipinski definition) is 6. The van der Waals surface area contributed by atoms with Crippen molar-refractivity contribution in [2.24, 2.45) is 5.92 Å². The number of methoxy groups -OCH3 is 1. The molecule has 2 aromatic rings. The molecule has 3 rings (SSSR count). The van der Waals surface area contributed by atoms with Crippen molar-refractivity contribution >= 4 is 11.8 Å². The van der Waals surface area contributed by atoms with Crippen LogP contribution in [0.3, 0.4) is 0 Å². The topological polar surface area (TPSA) is 97.6 Å². The first-order chi connectivity index (χ1) is 14.4. The zero-order valence-corrected chi connectivity index (χ0v) is 18.1. The Kier molecular flexibility index (Phi) is 7.07. The molecule has 30 heavy (non-hydrogen) atoms. The molecule has 1 aromatic carbocycles. The molecule has 2 heterocycles. The summed E-state index contributed by atoms with van der Waals surface area (Å²) < 4.78 is 10.9. The third-order valence-electron chi connectivity index (χ3n) is 5.79. The van der Waals surface area contributed by atoms with Crippen LogP contribution in [0.4, 0.5) is 0 Å². The summed E-state index contributed by atoms with van der Waals surface area (Å²) >= 11 is 0. The lowest BCUT2D eigenvalue weighted by Crippen LogP contribution is -2.52. The van der Waals surface area contributed by atoms with E-state index in [0.717, 1.165) is 24.8 Å². The molecule has 0 bridgehead atoms. The fourth-order valence-corrected chi connectivity index (χ4v) is 3.79. The van der Waals surface area contributed by atoms with Gasteiger partial charge in [-0.1, -0.05) is 37.6 Å². The molecule has 8 nitrogen and oxygen atoms in total. The summed E-state index contributed by atoms with van der Waals surface area (Å²) in [5.41, 5.74) is 0.762. The monoisotopic (exact) mass is 414 g/mol. The molecule has 1 fully saturated rings. The van der Waals surface area contributed by atoms with Gasteiger partial charge >= 0.3 is 0 Å². The Hall–Kier alpha value is -2.90. The van der Waals surface area contributed by atoms with Crippen molar-refractivity contribution in [3.8, 4) is 17.2 Å². The molecule has 0 saturated carbocycles. The highest BCUT2D eigenvalue weighted by Gasteiger charge is 2.33. The number of rotatable bonds is 7. The van der Waals surface area contributed by atoms with Crippen LogP contribution in [0, 0.1) is 5.92 Å². The Morgan fingerprint density at radius 2 is 2.00 bits per heavy atom. The summed E-state index contributed by atoms with van der Waals surface area (Å²) in [6, 6.07) is 7.04. The van der Waals surface area contributed by atoms with E-state index in [9.17, 15) is 9.59 Å². The van der Waals surface area contributed by atoms with Gasteiger partial charge in [0.2, 0.25) is 11.8 Å². The first kappa shape index (κ1) is 21.8. The molecular weight excluding hydrogens is 384 g/mol. The van der Waals surface area contributed by atoms with Crippen LogP contribution in [0.2, 0.25) is 0 Å². The minimum Gasteiger partial charge on any atom is -0.496 e. The summed E-state index contributed by atoms with van der Waals surface area (Å²) in [5.74, 6) is 1.79. The van der Waals surface area contributed by atoms with Gasteiger partial charge in [-0.25, -0.2) is 0 Å². The fourth-order valence-electron chi connectivity index (χ4n) is 3.79. The van der Waals surface area contributed by atoms with Crippen LogP contribution in [0.5, 0.6) is 5.75 Å². The molecule has 0 unspecified atom stereocenters. The number of carbonyl (C=O) groups is 2. The Labute approximate surface area is 177 Å². The summed E-state index contributed by atoms with van der Waals surface area (Å²) in [6.07, 6.45) is 2.33. The van der Waals surface area contributed by atoms with Crippen molar-refractivity contribution < 1.29 is 18.8 Å². The van der Waals surface area contributed by atoms with E-state index in [0.29, 0.717) is 30.6 Å². The molecule has 2 amide bonds. The Morgan fingerprint density at radius 1 is 1.30 bits per heavy atom. The molecule has 1 N–H and O–H groups in total. The number of nitrogens with zero attached hydrogens (tertiary/aromatic N) is 3. The Balaban J connectivity index is 1.65. The van der Waals surface area contributed by atoms with E-state index in [-0.39, 0.29) is 23.7 Å². The van der Waals surface area contributed by atoms with Gasteiger partial charge in [-0.3, -0.25) is 9.59 Å². The fraction of sp³-hybridized carbons (Fsp3) is 0.545. The average molecular weight is 415 g/mol. The van der Waals surface area contributed by atoms with Gasteiger partial charge in [-0.05, 0) is 30.9 Å². The number of benzene rings is 1. The number of likely N-dealkylation sites (tertiary alicyclic amines) is 1. The van der Waals surface area contributed by atoms with E-state index in [1.165, 1.54) is 6.92 Å². The second-order valence-corrected chi connectivity index (χ2v) is 7.82. The molecule has 8 heteroatoms. The number of piperidine rings is 1. The number of para-hydroxylation sites is 1. The zero-order valence-electron chi connectivity index (χ0n) is 18.1.